The van der Waals surface area contributed by atoms with E-state index < -0.39 is 0 Å². The number of rotatable bonds is 7. The molecule has 0 bridgehead atoms. The van der Waals surface area contributed by atoms with E-state index in [9.17, 15) is 4.79 Å². The molecule has 1 amide bonds. The van der Waals surface area contributed by atoms with Crippen molar-refractivity contribution in [2.45, 2.75) is 59.4 Å². The fraction of sp³-hybridized carbons (Fsp3) is 0.429. The third kappa shape index (κ3) is 4.70. The van der Waals surface area contributed by atoms with Crippen molar-refractivity contribution >= 4 is 11.7 Å². The van der Waals surface area contributed by atoms with Crippen LogP contribution in [0.25, 0.3) is 5.78 Å². The zero-order valence-corrected chi connectivity index (χ0v) is 16.5. The predicted molar refractivity (Wildman–Crippen MR) is 106 cm³/mol. The average Bonchev–Trinajstić information content (AvgIpc) is 3.01. The standard InChI is InChI=1S/C21H27N5O/c1-14(10-11-18-8-6-5-7-9-18)22-20(27)13-12-19-15(2)23-21-24-17(4)25-26(21)16(19)3/h5-9,14H,10-13H2,1-4H3,(H,22,27). The average molecular weight is 365 g/mol. The van der Waals surface area contributed by atoms with E-state index in [4.69, 9.17) is 0 Å². The molecule has 0 fully saturated rings. The molecule has 1 N–H and O–H groups in total. The zero-order chi connectivity index (χ0) is 19.4. The van der Waals surface area contributed by atoms with E-state index in [0.717, 1.165) is 29.8 Å². The van der Waals surface area contributed by atoms with Crippen molar-refractivity contribution in [3.8, 4) is 0 Å². The number of carbonyl (C=O) groups excluding carboxylic acids is 1. The molecule has 3 aromatic rings. The van der Waals surface area contributed by atoms with Gasteiger partial charge in [-0.25, -0.2) is 9.50 Å². The highest BCUT2D eigenvalue weighted by atomic mass is 16.1. The minimum absolute atomic E-state index is 0.0734. The van der Waals surface area contributed by atoms with Crippen LogP contribution in [0, 0.1) is 20.8 Å². The molecule has 1 aromatic carbocycles. The Morgan fingerprint density at radius 3 is 2.59 bits per heavy atom. The first kappa shape index (κ1) is 19.0. The van der Waals surface area contributed by atoms with Crippen LogP contribution in [0.15, 0.2) is 30.3 Å². The summed E-state index contributed by atoms with van der Waals surface area (Å²) in [6.45, 7) is 7.88. The number of amides is 1. The third-order valence-electron chi connectivity index (χ3n) is 4.87. The van der Waals surface area contributed by atoms with Crippen molar-refractivity contribution in [1.29, 1.82) is 0 Å². The van der Waals surface area contributed by atoms with E-state index in [2.05, 4.69) is 39.4 Å². The maximum atomic E-state index is 12.4. The van der Waals surface area contributed by atoms with Gasteiger partial charge >= 0.3 is 0 Å². The summed E-state index contributed by atoms with van der Waals surface area (Å²) in [5.74, 6) is 1.39. The lowest BCUT2D eigenvalue weighted by Crippen LogP contribution is -2.33. The number of hydrogen-bond donors (Lipinski definition) is 1. The van der Waals surface area contributed by atoms with E-state index >= 15 is 0 Å². The summed E-state index contributed by atoms with van der Waals surface area (Å²) in [5.41, 5.74) is 4.28. The molecule has 0 aliphatic heterocycles. The molecular weight excluding hydrogens is 338 g/mol. The second-order valence-corrected chi connectivity index (χ2v) is 7.12. The highest BCUT2D eigenvalue weighted by Crippen LogP contribution is 2.15. The molecule has 0 aliphatic rings. The fourth-order valence-electron chi connectivity index (χ4n) is 3.36. The van der Waals surface area contributed by atoms with Crippen molar-refractivity contribution in [2.75, 3.05) is 0 Å². The van der Waals surface area contributed by atoms with Crippen LogP contribution < -0.4 is 5.32 Å². The highest BCUT2D eigenvalue weighted by Gasteiger charge is 2.14. The lowest BCUT2D eigenvalue weighted by Gasteiger charge is -2.15. The van der Waals surface area contributed by atoms with Crippen LogP contribution in [0.1, 0.15) is 48.1 Å². The van der Waals surface area contributed by atoms with Gasteiger partial charge in [0.1, 0.15) is 5.82 Å². The largest absolute Gasteiger partial charge is 0.354 e. The Labute approximate surface area is 160 Å². The van der Waals surface area contributed by atoms with E-state index in [1.54, 1.807) is 4.52 Å². The van der Waals surface area contributed by atoms with Gasteiger partial charge in [0.15, 0.2) is 0 Å². The predicted octanol–water partition coefficient (Wildman–Crippen LogP) is 3.12. The van der Waals surface area contributed by atoms with Crippen LogP contribution >= 0.6 is 0 Å². The zero-order valence-electron chi connectivity index (χ0n) is 16.5. The molecule has 2 heterocycles. The summed E-state index contributed by atoms with van der Waals surface area (Å²) in [7, 11) is 0. The Kier molecular flexibility index (Phi) is 5.84. The Balaban J connectivity index is 1.55. The van der Waals surface area contributed by atoms with E-state index in [1.807, 2.05) is 39.0 Å². The van der Waals surface area contributed by atoms with Crippen molar-refractivity contribution < 1.29 is 4.79 Å². The number of carbonyl (C=O) groups is 1. The Morgan fingerprint density at radius 1 is 1.11 bits per heavy atom. The second kappa shape index (κ2) is 8.29. The molecule has 0 saturated carbocycles. The van der Waals surface area contributed by atoms with Crippen LogP contribution in [-0.2, 0) is 17.6 Å². The molecule has 0 aliphatic carbocycles. The molecule has 1 unspecified atom stereocenters. The van der Waals surface area contributed by atoms with Crippen LogP contribution in [0.2, 0.25) is 0 Å². The Bertz CT molecular complexity index is 933. The maximum absolute atomic E-state index is 12.4. The molecule has 2 aromatic heterocycles. The number of aromatic nitrogens is 4. The molecular formula is C21H27N5O. The molecule has 27 heavy (non-hydrogen) atoms. The van der Waals surface area contributed by atoms with Gasteiger partial charge in [0.05, 0.1) is 0 Å². The minimum atomic E-state index is 0.0734. The smallest absolute Gasteiger partial charge is 0.252 e. The summed E-state index contributed by atoms with van der Waals surface area (Å²) in [6.07, 6.45) is 2.99. The van der Waals surface area contributed by atoms with Gasteiger partial charge in [-0.1, -0.05) is 30.3 Å². The van der Waals surface area contributed by atoms with Gasteiger partial charge in [-0.05, 0) is 58.1 Å². The first-order chi connectivity index (χ1) is 12.9. The van der Waals surface area contributed by atoms with Gasteiger partial charge in [0, 0.05) is 23.9 Å². The molecule has 0 saturated heterocycles. The molecule has 0 radical (unpaired) electrons. The number of nitrogens with zero attached hydrogens (tertiary/aromatic N) is 4. The van der Waals surface area contributed by atoms with Crippen molar-refractivity contribution in [3.63, 3.8) is 0 Å². The number of fused-ring (bicyclic) bond motifs is 1. The summed E-state index contributed by atoms with van der Waals surface area (Å²) < 4.78 is 1.76. The summed E-state index contributed by atoms with van der Waals surface area (Å²) >= 11 is 0. The molecule has 6 nitrogen and oxygen atoms in total. The van der Waals surface area contributed by atoms with Gasteiger partial charge < -0.3 is 5.32 Å². The summed E-state index contributed by atoms with van der Waals surface area (Å²) in [4.78, 5) is 21.2. The van der Waals surface area contributed by atoms with E-state index in [0.29, 0.717) is 24.4 Å². The van der Waals surface area contributed by atoms with Crippen LogP contribution in [0.4, 0.5) is 0 Å². The van der Waals surface area contributed by atoms with Crippen molar-refractivity contribution in [3.05, 3.63) is 58.7 Å². The normalized spacial score (nSPS) is 12.3. The Morgan fingerprint density at radius 2 is 1.85 bits per heavy atom. The number of benzene rings is 1. The third-order valence-corrected chi connectivity index (χ3v) is 4.87. The molecule has 142 valence electrons. The van der Waals surface area contributed by atoms with Crippen LogP contribution in [0.5, 0.6) is 0 Å². The highest BCUT2D eigenvalue weighted by molar-refractivity contribution is 5.76. The monoisotopic (exact) mass is 365 g/mol. The maximum Gasteiger partial charge on any atom is 0.252 e. The van der Waals surface area contributed by atoms with Crippen LogP contribution in [-0.4, -0.2) is 31.5 Å². The number of aryl methyl sites for hydroxylation is 4. The number of nitrogens with one attached hydrogen (secondary N) is 1. The Hall–Kier alpha value is -2.76. The van der Waals surface area contributed by atoms with Gasteiger partial charge in [-0.2, -0.15) is 10.1 Å². The quantitative estimate of drug-likeness (QED) is 0.698. The van der Waals surface area contributed by atoms with Crippen LogP contribution in [0.3, 0.4) is 0 Å². The number of hydrogen-bond acceptors (Lipinski definition) is 4. The van der Waals surface area contributed by atoms with E-state index in [-0.39, 0.29) is 11.9 Å². The first-order valence-electron chi connectivity index (χ1n) is 9.46. The lowest BCUT2D eigenvalue weighted by atomic mass is 10.0. The molecule has 3 rings (SSSR count). The topological polar surface area (TPSA) is 72.2 Å². The van der Waals surface area contributed by atoms with Crippen molar-refractivity contribution in [2.24, 2.45) is 0 Å². The molecule has 1 atom stereocenters. The minimum Gasteiger partial charge on any atom is -0.354 e. The first-order valence-corrected chi connectivity index (χ1v) is 9.46. The van der Waals surface area contributed by atoms with Gasteiger partial charge in [-0.15, -0.1) is 0 Å². The van der Waals surface area contributed by atoms with Crippen molar-refractivity contribution in [1.82, 2.24) is 24.9 Å². The molecule has 0 spiro atoms. The summed E-state index contributed by atoms with van der Waals surface area (Å²) in [6, 6.07) is 10.5. The van der Waals surface area contributed by atoms with E-state index in [1.165, 1.54) is 5.56 Å². The van der Waals surface area contributed by atoms with Gasteiger partial charge in [-0.3, -0.25) is 4.79 Å². The lowest BCUT2D eigenvalue weighted by molar-refractivity contribution is -0.121. The van der Waals surface area contributed by atoms with Gasteiger partial charge in [0.25, 0.3) is 5.78 Å². The van der Waals surface area contributed by atoms with Gasteiger partial charge in [0.2, 0.25) is 5.91 Å². The summed E-state index contributed by atoms with van der Waals surface area (Å²) in [5, 5.41) is 7.49. The second-order valence-electron chi connectivity index (χ2n) is 7.12. The molecule has 6 heteroatoms. The SMILES string of the molecule is Cc1nc2nc(C)c(CCC(=O)NC(C)CCc3ccccc3)c(C)n2n1. The fourth-order valence-corrected chi connectivity index (χ4v) is 3.36.